The van der Waals surface area contributed by atoms with Crippen LogP contribution in [0.4, 0.5) is 0 Å². The number of aromatic nitrogens is 1. The molecule has 6 rings (SSSR count). The van der Waals surface area contributed by atoms with Crippen molar-refractivity contribution < 1.29 is 24.1 Å². The highest BCUT2D eigenvalue weighted by Crippen LogP contribution is 2.39. The number of carboxylic acids is 1. The minimum atomic E-state index is -0.970. The van der Waals surface area contributed by atoms with Gasteiger partial charge in [0.1, 0.15) is 11.4 Å². The zero-order valence-electron chi connectivity index (χ0n) is 18.9. The molecule has 0 saturated carbocycles. The Balaban J connectivity index is 1.27. The van der Waals surface area contributed by atoms with Crippen LogP contribution in [-0.2, 0) is 6.42 Å². The first kappa shape index (κ1) is 21.1. The Bertz CT molecular complexity index is 1560. The van der Waals surface area contributed by atoms with Crippen molar-refractivity contribution in [2.45, 2.75) is 12.8 Å². The molecule has 6 nitrogen and oxygen atoms in total. The van der Waals surface area contributed by atoms with Gasteiger partial charge in [-0.15, -0.1) is 0 Å². The molecule has 4 aromatic carbocycles. The number of hydrogen-bond donors (Lipinski definition) is 2. The van der Waals surface area contributed by atoms with Crippen LogP contribution in [0.2, 0.25) is 0 Å². The summed E-state index contributed by atoms with van der Waals surface area (Å²) in [4.78, 5) is 15.3. The SMILES string of the molecule is O=C(O)c1[nH]c2c(-c3ccc4c(c3)OCO4)cccc2c1CCCOc1cccc2ccccc12. The lowest BCUT2D eigenvalue weighted by molar-refractivity contribution is 0.0690. The molecule has 35 heavy (non-hydrogen) atoms. The van der Waals surface area contributed by atoms with Crippen molar-refractivity contribution in [3.05, 3.63) is 90.1 Å². The molecular weight excluding hydrogens is 442 g/mol. The number of fused-ring (bicyclic) bond motifs is 3. The standard InChI is InChI=1S/C29H23NO5/c31-29(32)28-23(11-5-15-33-24-12-3-7-18-6-1-2-8-20(18)24)22-10-4-9-21(27(22)30-28)19-13-14-25-26(16-19)35-17-34-25/h1-4,6-10,12-14,16,30H,5,11,15,17H2,(H,31,32). The zero-order chi connectivity index (χ0) is 23.8. The fourth-order valence-corrected chi connectivity index (χ4v) is 4.77. The quantitative estimate of drug-likeness (QED) is 0.271. The van der Waals surface area contributed by atoms with E-state index in [0.29, 0.717) is 30.9 Å². The van der Waals surface area contributed by atoms with Gasteiger partial charge in [-0.1, -0.05) is 60.7 Å². The van der Waals surface area contributed by atoms with Gasteiger partial charge >= 0.3 is 5.97 Å². The van der Waals surface area contributed by atoms with E-state index in [2.05, 4.69) is 17.1 Å². The third-order valence-electron chi connectivity index (χ3n) is 6.42. The monoisotopic (exact) mass is 465 g/mol. The third kappa shape index (κ3) is 3.83. The molecule has 174 valence electrons. The molecule has 0 atom stereocenters. The van der Waals surface area contributed by atoms with E-state index in [9.17, 15) is 9.90 Å². The second kappa shape index (κ2) is 8.72. The van der Waals surface area contributed by atoms with E-state index in [1.165, 1.54) is 0 Å². The molecule has 5 aromatic rings. The van der Waals surface area contributed by atoms with Crippen LogP contribution in [0.15, 0.2) is 78.9 Å². The van der Waals surface area contributed by atoms with Crippen molar-refractivity contribution in [1.29, 1.82) is 0 Å². The highest BCUT2D eigenvalue weighted by molar-refractivity contribution is 6.03. The van der Waals surface area contributed by atoms with Crippen LogP contribution in [0, 0.1) is 0 Å². The predicted molar refractivity (Wildman–Crippen MR) is 135 cm³/mol. The van der Waals surface area contributed by atoms with Gasteiger partial charge in [-0.25, -0.2) is 4.79 Å². The average Bonchev–Trinajstić information content (AvgIpc) is 3.51. The molecule has 0 bridgehead atoms. The summed E-state index contributed by atoms with van der Waals surface area (Å²) in [7, 11) is 0. The van der Waals surface area contributed by atoms with Gasteiger partial charge in [0, 0.05) is 16.3 Å². The fourth-order valence-electron chi connectivity index (χ4n) is 4.77. The number of hydrogen-bond acceptors (Lipinski definition) is 4. The lowest BCUT2D eigenvalue weighted by atomic mass is 9.99. The lowest BCUT2D eigenvalue weighted by Gasteiger charge is -2.09. The Morgan fingerprint density at radius 2 is 1.71 bits per heavy atom. The molecule has 0 fully saturated rings. The van der Waals surface area contributed by atoms with E-state index in [0.717, 1.165) is 44.1 Å². The minimum absolute atomic E-state index is 0.208. The number of rotatable bonds is 7. The van der Waals surface area contributed by atoms with E-state index in [4.69, 9.17) is 14.2 Å². The summed E-state index contributed by atoms with van der Waals surface area (Å²) in [5, 5.41) is 13.0. The summed E-state index contributed by atoms with van der Waals surface area (Å²) >= 11 is 0. The Labute approximate surface area is 201 Å². The van der Waals surface area contributed by atoms with Crippen molar-refractivity contribution in [2.75, 3.05) is 13.4 Å². The number of carboxylic acid groups (broad SMARTS) is 1. The number of aryl methyl sites for hydroxylation is 1. The Morgan fingerprint density at radius 1 is 0.914 bits per heavy atom. The molecule has 1 aromatic heterocycles. The molecule has 0 saturated heterocycles. The maximum Gasteiger partial charge on any atom is 0.352 e. The first-order valence-corrected chi connectivity index (χ1v) is 11.6. The smallest absolute Gasteiger partial charge is 0.352 e. The van der Waals surface area contributed by atoms with Gasteiger partial charge in [-0.05, 0) is 47.6 Å². The van der Waals surface area contributed by atoms with E-state index in [-0.39, 0.29) is 12.5 Å². The van der Waals surface area contributed by atoms with Crippen LogP contribution in [-0.4, -0.2) is 29.5 Å². The molecule has 2 heterocycles. The highest BCUT2D eigenvalue weighted by atomic mass is 16.7. The number of benzene rings is 4. The number of aromatic amines is 1. The van der Waals surface area contributed by atoms with Crippen LogP contribution in [0.5, 0.6) is 17.2 Å². The molecule has 1 aliphatic heterocycles. The van der Waals surface area contributed by atoms with E-state index >= 15 is 0 Å². The molecule has 6 heteroatoms. The maximum absolute atomic E-state index is 12.1. The summed E-state index contributed by atoms with van der Waals surface area (Å²) in [5.74, 6) is 1.27. The van der Waals surface area contributed by atoms with Gasteiger partial charge in [0.05, 0.1) is 12.1 Å². The predicted octanol–water partition coefficient (Wildman–Crippen LogP) is 6.43. The van der Waals surface area contributed by atoms with Gasteiger partial charge in [-0.2, -0.15) is 0 Å². The minimum Gasteiger partial charge on any atom is -0.493 e. The van der Waals surface area contributed by atoms with Crippen molar-refractivity contribution >= 4 is 27.6 Å². The van der Waals surface area contributed by atoms with Crippen LogP contribution in [0.25, 0.3) is 32.8 Å². The Hall–Kier alpha value is -4.45. The first-order valence-electron chi connectivity index (χ1n) is 11.6. The number of para-hydroxylation sites is 1. The molecule has 2 N–H and O–H groups in total. The number of carbonyl (C=O) groups is 1. The maximum atomic E-state index is 12.1. The van der Waals surface area contributed by atoms with E-state index < -0.39 is 5.97 Å². The molecular formula is C29H23NO5. The van der Waals surface area contributed by atoms with Gasteiger partial charge in [0.2, 0.25) is 6.79 Å². The highest BCUT2D eigenvalue weighted by Gasteiger charge is 2.20. The molecule has 0 radical (unpaired) electrons. The Morgan fingerprint density at radius 3 is 2.63 bits per heavy atom. The number of aromatic carboxylic acids is 1. The summed E-state index contributed by atoms with van der Waals surface area (Å²) in [6.45, 7) is 0.696. The summed E-state index contributed by atoms with van der Waals surface area (Å²) in [6.07, 6.45) is 1.27. The normalized spacial score (nSPS) is 12.3. The van der Waals surface area contributed by atoms with Crippen LogP contribution in [0.3, 0.4) is 0 Å². The van der Waals surface area contributed by atoms with Gasteiger partial charge in [0.15, 0.2) is 11.5 Å². The molecule has 0 unspecified atom stereocenters. The number of nitrogens with one attached hydrogen (secondary N) is 1. The molecule has 1 aliphatic rings. The van der Waals surface area contributed by atoms with Gasteiger partial charge in [-0.3, -0.25) is 0 Å². The van der Waals surface area contributed by atoms with E-state index in [1.54, 1.807) is 0 Å². The van der Waals surface area contributed by atoms with Crippen molar-refractivity contribution in [3.8, 4) is 28.4 Å². The average molecular weight is 466 g/mol. The summed E-state index contributed by atoms with van der Waals surface area (Å²) in [6, 6.07) is 25.8. The molecule has 0 amide bonds. The molecule has 0 aliphatic carbocycles. The summed E-state index contributed by atoms with van der Waals surface area (Å²) < 4.78 is 17.0. The second-order valence-corrected chi connectivity index (χ2v) is 8.51. The summed E-state index contributed by atoms with van der Waals surface area (Å²) in [5.41, 5.74) is 3.66. The van der Waals surface area contributed by atoms with Crippen LogP contribution < -0.4 is 14.2 Å². The third-order valence-corrected chi connectivity index (χ3v) is 6.42. The lowest BCUT2D eigenvalue weighted by Crippen LogP contribution is -2.04. The van der Waals surface area contributed by atoms with Crippen LogP contribution >= 0.6 is 0 Å². The topological polar surface area (TPSA) is 80.8 Å². The zero-order valence-corrected chi connectivity index (χ0v) is 18.9. The van der Waals surface area contributed by atoms with Crippen molar-refractivity contribution in [3.63, 3.8) is 0 Å². The number of H-pyrrole nitrogens is 1. The molecule has 0 spiro atoms. The van der Waals surface area contributed by atoms with Crippen molar-refractivity contribution in [1.82, 2.24) is 4.98 Å². The van der Waals surface area contributed by atoms with Crippen LogP contribution in [0.1, 0.15) is 22.5 Å². The first-order chi connectivity index (χ1) is 17.2. The largest absolute Gasteiger partial charge is 0.493 e. The van der Waals surface area contributed by atoms with E-state index in [1.807, 2.05) is 66.7 Å². The second-order valence-electron chi connectivity index (χ2n) is 8.51. The Kier molecular flexibility index (Phi) is 5.26. The number of ether oxygens (including phenoxy) is 3. The van der Waals surface area contributed by atoms with Gasteiger partial charge in [0.25, 0.3) is 0 Å². The van der Waals surface area contributed by atoms with Crippen molar-refractivity contribution in [2.24, 2.45) is 0 Å². The van der Waals surface area contributed by atoms with Gasteiger partial charge < -0.3 is 24.3 Å². The fraction of sp³-hybridized carbons (Fsp3) is 0.138.